The zero-order chi connectivity index (χ0) is 21.1. The molecule has 1 aliphatic heterocycles. The lowest BCUT2D eigenvalue weighted by Crippen LogP contribution is -2.37. The molecule has 0 aliphatic carbocycles. The zero-order valence-corrected chi connectivity index (χ0v) is 17.2. The summed E-state index contributed by atoms with van der Waals surface area (Å²) < 4.78 is 0. The van der Waals surface area contributed by atoms with Gasteiger partial charge in [0.15, 0.2) is 0 Å². The molecule has 8 nitrogen and oxygen atoms in total. The van der Waals surface area contributed by atoms with Crippen molar-refractivity contribution < 1.29 is 9.90 Å². The van der Waals surface area contributed by atoms with E-state index in [0.717, 1.165) is 34.5 Å². The van der Waals surface area contributed by atoms with Crippen LogP contribution in [0.3, 0.4) is 0 Å². The number of alkyl halides is 1. The van der Waals surface area contributed by atoms with Gasteiger partial charge in [0.1, 0.15) is 5.84 Å². The number of aromatic nitrogens is 4. The Balaban J connectivity index is 1.56. The monoisotopic (exact) mass is 424 g/mol. The maximum Gasteiger partial charge on any atom is 0.349 e. The second-order valence-corrected chi connectivity index (χ2v) is 7.80. The average Bonchev–Trinajstić information content (AvgIpc) is 3.38. The van der Waals surface area contributed by atoms with Crippen LogP contribution in [0.25, 0.3) is 22.5 Å². The summed E-state index contributed by atoms with van der Waals surface area (Å²) >= 11 is 6.22. The fourth-order valence-corrected chi connectivity index (χ4v) is 3.81. The fourth-order valence-electron chi connectivity index (χ4n) is 3.57. The van der Waals surface area contributed by atoms with Crippen LogP contribution in [0.4, 0.5) is 0 Å². The first kappa shape index (κ1) is 20.0. The average molecular weight is 425 g/mol. The van der Waals surface area contributed by atoms with Gasteiger partial charge in [-0.1, -0.05) is 67.1 Å². The molecule has 0 fully saturated rings. The Morgan fingerprint density at radius 3 is 2.57 bits per heavy atom. The van der Waals surface area contributed by atoms with Crippen LogP contribution in [0.2, 0.25) is 0 Å². The van der Waals surface area contributed by atoms with Gasteiger partial charge in [-0.2, -0.15) is 5.21 Å². The quantitative estimate of drug-likeness (QED) is 0.443. The van der Waals surface area contributed by atoms with E-state index in [1.165, 1.54) is 0 Å². The van der Waals surface area contributed by atoms with E-state index < -0.39 is 11.0 Å². The number of aliphatic imine (C=N–C) groups is 1. The summed E-state index contributed by atoms with van der Waals surface area (Å²) in [7, 11) is 0. The molecule has 0 saturated carbocycles. The molecule has 0 spiro atoms. The summed E-state index contributed by atoms with van der Waals surface area (Å²) in [5.41, 5.74) is 3.97. The standard InChI is InChI=1S/C21H21ClN6O2/c1-2-5-18-23-21(22,20(29)30)13-28(18)12-14-8-10-15(11-9-14)16-6-3-4-7-17(16)19-24-26-27-25-19/h3-4,6-11H,2,5,12-13H2,1H3,(H,29,30)(H,24,25,26,27). The van der Waals surface area contributed by atoms with Crippen LogP contribution in [0.5, 0.6) is 0 Å². The van der Waals surface area contributed by atoms with Crippen LogP contribution < -0.4 is 0 Å². The van der Waals surface area contributed by atoms with Crippen molar-refractivity contribution >= 4 is 23.4 Å². The number of hydrogen-bond acceptors (Lipinski definition) is 6. The summed E-state index contributed by atoms with van der Waals surface area (Å²) in [6.45, 7) is 2.74. The van der Waals surface area contributed by atoms with E-state index in [0.29, 0.717) is 18.8 Å². The predicted octanol–water partition coefficient (Wildman–Crippen LogP) is 3.57. The highest BCUT2D eigenvalue weighted by atomic mass is 35.5. The van der Waals surface area contributed by atoms with Crippen molar-refractivity contribution in [2.45, 2.75) is 31.3 Å². The number of nitrogens with one attached hydrogen (secondary N) is 1. The van der Waals surface area contributed by atoms with Crippen molar-refractivity contribution in [3.63, 3.8) is 0 Å². The predicted molar refractivity (Wildman–Crippen MR) is 114 cm³/mol. The molecule has 1 aromatic heterocycles. The molecule has 1 unspecified atom stereocenters. The second kappa shape index (κ2) is 8.23. The Hall–Kier alpha value is -3.26. The summed E-state index contributed by atoms with van der Waals surface area (Å²) in [6, 6.07) is 16.0. The van der Waals surface area contributed by atoms with E-state index in [1.54, 1.807) is 0 Å². The smallest absolute Gasteiger partial charge is 0.349 e. The van der Waals surface area contributed by atoms with Gasteiger partial charge in [0.25, 0.3) is 0 Å². The van der Waals surface area contributed by atoms with Gasteiger partial charge >= 0.3 is 5.97 Å². The van der Waals surface area contributed by atoms with Gasteiger partial charge < -0.3 is 10.0 Å². The van der Waals surface area contributed by atoms with E-state index in [1.807, 2.05) is 60.4 Å². The van der Waals surface area contributed by atoms with Gasteiger partial charge in [-0.05, 0) is 28.3 Å². The minimum absolute atomic E-state index is 0.154. The van der Waals surface area contributed by atoms with Gasteiger partial charge in [0.2, 0.25) is 10.8 Å². The van der Waals surface area contributed by atoms with Gasteiger partial charge in [-0.3, -0.25) is 0 Å². The first-order valence-electron chi connectivity index (χ1n) is 9.68. The molecule has 9 heteroatoms. The Kier molecular flexibility index (Phi) is 5.50. The molecule has 30 heavy (non-hydrogen) atoms. The first-order valence-corrected chi connectivity index (χ1v) is 10.1. The Bertz CT molecular complexity index is 1070. The molecule has 3 aromatic rings. The van der Waals surface area contributed by atoms with Gasteiger partial charge in [0, 0.05) is 18.5 Å². The largest absolute Gasteiger partial charge is 0.478 e. The number of halogens is 1. The number of benzene rings is 2. The SMILES string of the molecule is CCCC1=NC(Cl)(C(=O)O)CN1Cc1ccc(-c2ccccc2-c2nn[nH]n2)cc1. The molecule has 0 saturated heterocycles. The number of aliphatic carboxylic acids is 1. The van der Waals surface area contributed by atoms with Crippen LogP contribution in [-0.2, 0) is 11.3 Å². The molecule has 154 valence electrons. The number of amidine groups is 1. The Labute approximate surface area is 178 Å². The maximum absolute atomic E-state index is 11.5. The number of rotatable bonds is 7. The summed E-state index contributed by atoms with van der Waals surface area (Å²) in [6.07, 6.45) is 1.56. The third kappa shape index (κ3) is 3.91. The molecular weight excluding hydrogens is 404 g/mol. The minimum atomic E-state index is -1.60. The second-order valence-electron chi connectivity index (χ2n) is 7.18. The number of tetrazole rings is 1. The van der Waals surface area contributed by atoms with E-state index in [2.05, 4.69) is 25.6 Å². The van der Waals surface area contributed by atoms with Gasteiger partial charge in [0.05, 0.1) is 6.54 Å². The first-order chi connectivity index (χ1) is 14.5. The topological polar surface area (TPSA) is 107 Å². The number of carboxylic acids is 1. The molecule has 4 rings (SSSR count). The molecular formula is C21H21ClN6O2. The lowest BCUT2D eigenvalue weighted by Gasteiger charge is -2.22. The summed E-state index contributed by atoms with van der Waals surface area (Å²) in [5.74, 6) is 0.161. The number of carbonyl (C=O) groups is 1. The molecule has 2 aromatic carbocycles. The highest BCUT2D eigenvalue weighted by Crippen LogP contribution is 2.31. The maximum atomic E-state index is 11.5. The molecule has 0 bridgehead atoms. The van der Waals surface area contributed by atoms with Crippen molar-refractivity contribution in [1.29, 1.82) is 0 Å². The number of hydrogen-bond donors (Lipinski definition) is 2. The minimum Gasteiger partial charge on any atom is -0.478 e. The van der Waals surface area contributed by atoms with Crippen molar-refractivity contribution in [2.24, 2.45) is 4.99 Å². The molecule has 1 aliphatic rings. The lowest BCUT2D eigenvalue weighted by molar-refractivity contribution is -0.139. The lowest BCUT2D eigenvalue weighted by atomic mass is 9.98. The number of H-pyrrole nitrogens is 1. The molecule has 2 N–H and O–H groups in total. The normalized spacial score (nSPS) is 18.5. The van der Waals surface area contributed by atoms with Crippen LogP contribution in [0, 0.1) is 0 Å². The van der Waals surface area contributed by atoms with E-state index in [4.69, 9.17) is 11.6 Å². The third-order valence-electron chi connectivity index (χ3n) is 5.02. The highest BCUT2D eigenvalue weighted by Gasteiger charge is 2.43. The van der Waals surface area contributed by atoms with E-state index in [9.17, 15) is 9.90 Å². The van der Waals surface area contributed by atoms with Gasteiger partial charge in [-0.25, -0.2) is 9.79 Å². The molecule has 2 heterocycles. The van der Waals surface area contributed by atoms with Crippen LogP contribution >= 0.6 is 11.6 Å². The Morgan fingerprint density at radius 2 is 1.93 bits per heavy atom. The fraction of sp³-hybridized carbons (Fsp3) is 0.286. The molecule has 0 amide bonds. The van der Waals surface area contributed by atoms with Crippen molar-refractivity contribution in [3.05, 3.63) is 54.1 Å². The summed E-state index contributed by atoms with van der Waals surface area (Å²) in [5, 5.41) is 23.7. The van der Waals surface area contributed by atoms with E-state index in [-0.39, 0.29) is 6.54 Å². The highest BCUT2D eigenvalue weighted by molar-refractivity contribution is 6.35. The molecule has 0 radical (unpaired) electrons. The van der Waals surface area contributed by atoms with Crippen LogP contribution in [0.1, 0.15) is 25.3 Å². The van der Waals surface area contributed by atoms with E-state index >= 15 is 0 Å². The third-order valence-corrected chi connectivity index (χ3v) is 5.39. The molecule has 1 atom stereocenters. The zero-order valence-electron chi connectivity index (χ0n) is 16.4. The van der Waals surface area contributed by atoms with Crippen molar-refractivity contribution in [2.75, 3.05) is 6.54 Å². The summed E-state index contributed by atoms with van der Waals surface area (Å²) in [4.78, 5) is 16.1. The number of carboxylic acid groups (broad SMARTS) is 1. The van der Waals surface area contributed by atoms with Gasteiger partial charge in [-0.15, -0.1) is 10.2 Å². The Morgan fingerprint density at radius 1 is 1.20 bits per heavy atom. The number of nitrogens with zero attached hydrogens (tertiary/aromatic N) is 5. The van der Waals surface area contributed by atoms with Crippen molar-refractivity contribution in [3.8, 4) is 22.5 Å². The van der Waals surface area contributed by atoms with Crippen molar-refractivity contribution in [1.82, 2.24) is 25.5 Å². The van der Waals surface area contributed by atoms with Crippen LogP contribution in [0.15, 0.2) is 53.5 Å². The van der Waals surface area contributed by atoms with Crippen LogP contribution in [-0.4, -0.2) is 54.0 Å². The number of aromatic amines is 1.